The molecule has 178 valence electrons. The number of benzene rings is 2. The fourth-order valence-corrected chi connectivity index (χ4v) is 4.62. The Morgan fingerprint density at radius 1 is 1.15 bits per heavy atom. The monoisotopic (exact) mass is 477 g/mol. The predicted molar refractivity (Wildman–Crippen MR) is 122 cm³/mol. The van der Waals surface area contributed by atoms with Gasteiger partial charge in [-0.1, -0.05) is 12.1 Å². The average molecular weight is 478 g/mol. The van der Waals surface area contributed by atoms with Gasteiger partial charge in [0.05, 0.1) is 10.8 Å². The minimum Gasteiger partial charge on any atom is -0.385 e. The highest BCUT2D eigenvalue weighted by Crippen LogP contribution is 2.21. The minimum atomic E-state index is -3.64. The van der Waals surface area contributed by atoms with E-state index in [1.54, 1.807) is 24.1 Å². The Morgan fingerprint density at radius 3 is 2.52 bits per heavy atom. The van der Waals surface area contributed by atoms with E-state index in [1.807, 2.05) is 0 Å². The predicted octanol–water partition coefficient (Wildman–Crippen LogP) is 2.17. The summed E-state index contributed by atoms with van der Waals surface area (Å²) < 4.78 is 45.0. The molecule has 1 heterocycles. The van der Waals surface area contributed by atoms with Crippen molar-refractivity contribution in [2.75, 3.05) is 38.7 Å². The second-order valence-electron chi connectivity index (χ2n) is 7.88. The number of likely N-dealkylation sites (tertiary alicyclic amines) is 1. The zero-order chi connectivity index (χ0) is 23.8. The van der Waals surface area contributed by atoms with Crippen molar-refractivity contribution in [1.82, 2.24) is 9.62 Å². The van der Waals surface area contributed by atoms with Crippen molar-refractivity contribution >= 4 is 27.5 Å². The molecule has 2 aromatic rings. The van der Waals surface area contributed by atoms with Crippen LogP contribution in [-0.2, 0) is 30.8 Å². The third-order valence-electron chi connectivity index (χ3n) is 5.42. The van der Waals surface area contributed by atoms with Gasteiger partial charge in [0.25, 0.3) is 0 Å². The molecule has 2 N–H and O–H groups in total. The van der Waals surface area contributed by atoms with Crippen LogP contribution in [0.25, 0.3) is 0 Å². The van der Waals surface area contributed by atoms with Crippen molar-refractivity contribution in [3.05, 3.63) is 59.9 Å². The first-order valence-corrected chi connectivity index (χ1v) is 12.2. The van der Waals surface area contributed by atoms with E-state index in [0.717, 1.165) is 5.56 Å². The van der Waals surface area contributed by atoms with Gasteiger partial charge in [-0.25, -0.2) is 17.5 Å². The number of ether oxygens (including phenoxy) is 1. The number of methoxy groups -OCH3 is 1. The molecular weight excluding hydrogens is 449 g/mol. The average Bonchev–Trinajstić information content (AvgIpc) is 3.17. The molecule has 0 aromatic heterocycles. The number of nitrogens with zero attached hydrogens (tertiary/aromatic N) is 1. The molecular formula is C23H28FN3O5S. The maximum atomic E-state index is 13.0. The summed E-state index contributed by atoms with van der Waals surface area (Å²) in [6, 6.07) is 12.0. The number of hydrogen-bond donors (Lipinski definition) is 2. The van der Waals surface area contributed by atoms with E-state index in [9.17, 15) is 22.4 Å². The van der Waals surface area contributed by atoms with Crippen LogP contribution in [0, 0.1) is 11.7 Å². The summed E-state index contributed by atoms with van der Waals surface area (Å²) in [7, 11) is -2.09. The van der Waals surface area contributed by atoms with E-state index < -0.39 is 15.9 Å². The van der Waals surface area contributed by atoms with Gasteiger partial charge in [-0.2, -0.15) is 0 Å². The molecule has 0 radical (unpaired) electrons. The van der Waals surface area contributed by atoms with Crippen LogP contribution >= 0.6 is 0 Å². The Morgan fingerprint density at radius 2 is 1.85 bits per heavy atom. The molecule has 0 saturated carbocycles. The molecule has 0 bridgehead atoms. The van der Waals surface area contributed by atoms with Crippen LogP contribution in [0.15, 0.2) is 53.4 Å². The van der Waals surface area contributed by atoms with Crippen LogP contribution in [0.5, 0.6) is 0 Å². The van der Waals surface area contributed by atoms with Gasteiger partial charge in [0, 0.05) is 45.5 Å². The molecule has 1 aliphatic rings. The number of hydrogen-bond acceptors (Lipinski definition) is 5. The Hall–Kier alpha value is -2.82. The van der Waals surface area contributed by atoms with Gasteiger partial charge in [-0.15, -0.1) is 0 Å². The van der Waals surface area contributed by atoms with Gasteiger partial charge in [-0.3, -0.25) is 9.59 Å². The van der Waals surface area contributed by atoms with Crippen LogP contribution in [-0.4, -0.2) is 58.5 Å². The largest absolute Gasteiger partial charge is 0.385 e. The van der Waals surface area contributed by atoms with Crippen molar-refractivity contribution in [2.45, 2.75) is 24.2 Å². The van der Waals surface area contributed by atoms with E-state index in [-0.39, 0.29) is 35.5 Å². The molecule has 8 nitrogen and oxygen atoms in total. The summed E-state index contributed by atoms with van der Waals surface area (Å²) in [5.74, 6) is -1.19. The number of halogens is 1. The Balaban J connectivity index is 1.50. The zero-order valence-corrected chi connectivity index (χ0v) is 19.2. The smallest absolute Gasteiger partial charge is 0.240 e. The summed E-state index contributed by atoms with van der Waals surface area (Å²) in [6.07, 6.45) is 1.26. The lowest BCUT2D eigenvalue weighted by atomic mass is 10.1. The molecule has 10 heteroatoms. The summed E-state index contributed by atoms with van der Waals surface area (Å²) in [6.45, 7) is 1.49. The van der Waals surface area contributed by atoms with Gasteiger partial charge in [0.1, 0.15) is 5.82 Å². The van der Waals surface area contributed by atoms with Crippen LogP contribution in [0.2, 0.25) is 0 Å². The lowest BCUT2D eigenvalue weighted by Crippen LogP contribution is -2.30. The van der Waals surface area contributed by atoms with Crippen LogP contribution in [0.1, 0.15) is 18.4 Å². The molecule has 1 atom stereocenters. The van der Waals surface area contributed by atoms with Gasteiger partial charge in [0.2, 0.25) is 21.8 Å². The number of rotatable bonds is 11. The molecule has 3 rings (SSSR count). The first-order valence-electron chi connectivity index (χ1n) is 10.7. The molecule has 1 aliphatic heterocycles. The molecule has 1 saturated heterocycles. The summed E-state index contributed by atoms with van der Waals surface area (Å²) in [5.41, 5.74) is 1.37. The van der Waals surface area contributed by atoms with E-state index in [4.69, 9.17) is 4.74 Å². The first-order chi connectivity index (χ1) is 15.8. The van der Waals surface area contributed by atoms with Gasteiger partial charge >= 0.3 is 0 Å². The standard InChI is InChI=1S/C23H28FN3O5S/c1-32-14-2-12-25-33(30,31)21-9-7-20(8-10-21)26-23(29)18-15-22(28)27(16-18)13-11-17-3-5-19(24)6-4-17/h3-10,18,25H,2,11-16H2,1H3,(H,26,29). The summed E-state index contributed by atoms with van der Waals surface area (Å²) in [5, 5.41) is 2.75. The third kappa shape index (κ3) is 7.08. The number of carbonyl (C=O) groups excluding carboxylic acids is 2. The maximum absolute atomic E-state index is 13.0. The normalized spacial score (nSPS) is 16.2. The zero-order valence-electron chi connectivity index (χ0n) is 18.4. The summed E-state index contributed by atoms with van der Waals surface area (Å²) >= 11 is 0. The first kappa shape index (κ1) is 24.8. The second-order valence-corrected chi connectivity index (χ2v) is 9.64. The van der Waals surface area contributed by atoms with Crippen LogP contribution in [0.4, 0.5) is 10.1 Å². The Bertz CT molecular complexity index is 1060. The number of carbonyl (C=O) groups is 2. The van der Waals surface area contributed by atoms with E-state index in [1.165, 1.54) is 36.4 Å². The van der Waals surface area contributed by atoms with Crippen molar-refractivity contribution in [3.8, 4) is 0 Å². The SMILES string of the molecule is COCCCNS(=O)(=O)c1ccc(NC(=O)C2CC(=O)N(CCc3ccc(F)cc3)C2)cc1. The Kier molecular flexibility index (Phi) is 8.54. The minimum absolute atomic E-state index is 0.0981. The highest BCUT2D eigenvalue weighted by molar-refractivity contribution is 7.89. The fraction of sp³-hybridized carbons (Fsp3) is 0.391. The third-order valence-corrected chi connectivity index (χ3v) is 6.90. The molecule has 1 fully saturated rings. The van der Waals surface area contributed by atoms with Crippen molar-refractivity contribution < 1.29 is 27.1 Å². The van der Waals surface area contributed by atoms with Crippen molar-refractivity contribution in [3.63, 3.8) is 0 Å². The molecule has 0 aliphatic carbocycles. The molecule has 1 unspecified atom stereocenters. The van der Waals surface area contributed by atoms with E-state index >= 15 is 0 Å². The number of nitrogens with one attached hydrogen (secondary N) is 2. The van der Waals surface area contributed by atoms with Crippen LogP contribution in [0.3, 0.4) is 0 Å². The van der Waals surface area contributed by atoms with E-state index in [2.05, 4.69) is 10.0 Å². The molecule has 33 heavy (non-hydrogen) atoms. The number of anilines is 1. The second kappa shape index (κ2) is 11.4. The van der Waals surface area contributed by atoms with Crippen LogP contribution < -0.4 is 10.0 Å². The molecule has 2 amide bonds. The highest BCUT2D eigenvalue weighted by Gasteiger charge is 2.34. The Labute approximate surface area is 193 Å². The van der Waals surface area contributed by atoms with Gasteiger partial charge < -0.3 is 15.0 Å². The van der Waals surface area contributed by atoms with E-state index in [0.29, 0.717) is 38.2 Å². The maximum Gasteiger partial charge on any atom is 0.240 e. The van der Waals surface area contributed by atoms with Crippen molar-refractivity contribution in [1.29, 1.82) is 0 Å². The van der Waals surface area contributed by atoms with Crippen molar-refractivity contribution in [2.24, 2.45) is 5.92 Å². The highest BCUT2D eigenvalue weighted by atomic mass is 32.2. The number of sulfonamides is 1. The fourth-order valence-electron chi connectivity index (χ4n) is 3.55. The molecule has 0 spiro atoms. The topological polar surface area (TPSA) is 105 Å². The lowest BCUT2D eigenvalue weighted by Gasteiger charge is -2.16. The molecule has 2 aromatic carbocycles. The van der Waals surface area contributed by atoms with Gasteiger partial charge in [0.15, 0.2) is 0 Å². The van der Waals surface area contributed by atoms with Gasteiger partial charge in [-0.05, 0) is 54.8 Å². The quantitative estimate of drug-likeness (QED) is 0.483. The number of amides is 2. The summed E-state index contributed by atoms with van der Waals surface area (Å²) in [4.78, 5) is 26.7. The lowest BCUT2D eigenvalue weighted by molar-refractivity contribution is -0.128.